The van der Waals surface area contributed by atoms with Crippen molar-refractivity contribution < 1.29 is 0 Å². The second-order valence-corrected chi connectivity index (χ2v) is 11.2. The van der Waals surface area contributed by atoms with Crippen molar-refractivity contribution in [3.05, 3.63) is 158 Å². The van der Waals surface area contributed by atoms with Gasteiger partial charge < -0.3 is 4.57 Å². The van der Waals surface area contributed by atoms with Crippen molar-refractivity contribution in [3.8, 4) is 27.9 Å². The zero-order valence-electron chi connectivity index (χ0n) is 23.4. The van der Waals surface area contributed by atoms with Gasteiger partial charge in [-0.15, -0.1) is 0 Å². The molecule has 9 rings (SSSR count). The van der Waals surface area contributed by atoms with Gasteiger partial charge in [0.15, 0.2) is 0 Å². The minimum atomic E-state index is 1.04. The number of nitrogens with zero attached hydrogens (tertiary/aromatic N) is 2. The standard InChI is InChI=1S/C41H26N2/c1-2-10-27(11-3-1)30-21-23-39-36(26-30)34-16-6-7-18-37(34)43(39)38-24-22-32(31-14-4-5-15-33(31)38)35-17-8-12-28-19-20-29-13-9-25-42-41(29)40(28)35/h1-26H. The molecule has 0 radical (unpaired) electrons. The quantitative estimate of drug-likeness (QED) is 0.202. The van der Waals surface area contributed by atoms with Crippen LogP contribution in [0.25, 0.3) is 82.2 Å². The predicted octanol–water partition coefficient (Wildman–Crippen LogP) is 11.0. The van der Waals surface area contributed by atoms with E-state index in [0.29, 0.717) is 0 Å². The summed E-state index contributed by atoms with van der Waals surface area (Å²) in [6, 6.07) is 54.8. The lowest BCUT2D eigenvalue weighted by Gasteiger charge is -2.16. The maximum absolute atomic E-state index is 4.83. The van der Waals surface area contributed by atoms with Gasteiger partial charge in [-0.2, -0.15) is 0 Å². The molecule has 0 unspecified atom stereocenters. The lowest BCUT2D eigenvalue weighted by Crippen LogP contribution is -1.96. The zero-order chi connectivity index (χ0) is 28.3. The molecular formula is C41H26N2. The molecule has 7 aromatic carbocycles. The Hall–Kier alpha value is -5.73. The second-order valence-electron chi connectivity index (χ2n) is 11.2. The van der Waals surface area contributed by atoms with E-state index in [0.717, 1.165) is 10.9 Å². The maximum atomic E-state index is 4.83. The van der Waals surface area contributed by atoms with Gasteiger partial charge in [0, 0.05) is 33.1 Å². The van der Waals surface area contributed by atoms with E-state index >= 15 is 0 Å². The average molecular weight is 547 g/mol. The smallest absolute Gasteiger partial charge is 0.0786 e. The Morgan fingerprint density at radius 3 is 2.07 bits per heavy atom. The Labute approximate surface area is 249 Å². The normalized spacial score (nSPS) is 11.7. The highest BCUT2D eigenvalue weighted by Gasteiger charge is 2.18. The molecule has 0 atom stereocenters. The molecular weight excluding hydrogens is 520 g/mol. The summed E-state index contributed by atoms with van der Waals surface area (Å²) in [4.78, 5) is 4.83. The molecule has 0 amide bonds. The summed E-state index contributed by atoms with van der Waals surface area (Å²) < 4.78 is 2.44. The molecule has 2 heteroatoms. The molecule has 0 aliphatic carbocycles. The van der Waals surface area contributed by atoms with Crippen molar-refractivity contribution in [3.63, 3.8) is 0 Å². The number of hydrogen-bond donors (Lipinski definition) is 0. The largest absolute Gasteiger partial charge is 0.309 e. The lowest BCUT2D eigenvalue weighted by atomic mass is 9.92. The van der Waals surface area contributed by atoms with Crippen LogP contribution < -0.4 is 0 Å². The number of benzene rings is 7. The fourth-order valence-electron chi connectivity index (χ4n) is 6.89. The van der Waals surface area contributed by atoms with Crippen LogP contribution in [0.4, 0.5) is 0 Å². The molecule has 0 fully saturated rings. The van der Waals surface area contributed by atoms with Crippen LogP contribution >= 0.6 is 0 Å². The van der Waals surface area contributed by atoms with E-state index < -0.39 is 0 Å². The summed E-state index contributed by atoms with van der Waals surface area (Å²) >= 11 is 0. The second kappa shape index (κ2) is 9.40. The number of fused-ring (bicyclic) bond motifs is 7. The van der Waals surface area contributed by atoms with Crippen LogP contribution in [0.15, 0.2) is 158 Å². The first-order valence-corrected chi connectivity index (χ1v) is 14.7. The fraction of sp³-hybridized carbons (Fsp3) is 0. The summed E-state index contributed by atoms with van der Waals surface area (Å²) in [7, 11) is 0. The Balaban J connectivity index is 1.33. The number of aromatic nitrogens is 2. The van der Waals surface area contributed by atoms with Gasteiger partial charge in [0.25, 0.3) is 0 Å². The van der Waals surface area contributed by atoms with Gasteiger partial charge >= 0.3 is 0 Å². The number of para-hydroxylation sites is 1. The first kappa shape index (κ1) is 23.9. The Morgan fingerprint density at radius 2 is 1.16 bits per heavy atom. The number of hydrogen-bond acceptors (Lipinski definition) is 1. The summed E-state index contributed by atoms with van der Waals surface area (Å²) in [5, 5.41) is 8.53. The van der Waals surface area contributed by atoms with Crippen molar-refractivity contribution in [2.45, 2.75) is 0 Å². The van der Waals surface area contributed by atoms with Crippen molar-refractivity contribution in [2.75, 3.05) is 0 Å². The van der Waals surface area contributed by atoms with Crippen LogP contribution in [0.5, 0.6) is 0 Å². The van der Waals surface area contributed by atoms with Gasteiger partial charge in [-0.3, -0.25) is 4.98 Å². The lowest BCUT2D eigenvalue weighted by molar-refractivity contribution is 1.20. The molecule has 0 saturated carbocycles. The van der Waals surface area contributed by atoms with Gasteiger partial charge in [-0.1, -0.05) is 121 Å². The van der Waals surface area contributed by atoms with Crippen LogP contribution in [0.3, 0.4) is 0 Å². The molecule has 0 N–H and O–H groups in total. The third-order valence-electron chi connectivity index (χ3n) is 8.83. The van der Waals surface area contributed by atoms with E-state index in [-0.39, 0.29) is 0 Å². The van der Waals surface area contributed by atoms with Crippen LogP contribution in [0, 0.1) is 0 Å². The van der Waals surface area contributed by atoms with Gasteiger partial charge in [0.05, 0.1) is 22.2 Å². The van der Waals surface area contributed by atoms with E-state index in [2.05, 4.69) is 150 Å². The molecule has 2 heterocycles. The Morgan fingerprint density at radius 1 is 0.419 bits per heavy atom. The van der Waals surface area contributed by atoms with Gasteiger partial charge in [0.2, 0.25) is 0 Å². The van der Waals surface area contributed by atoms with Crippen molar-refractivity contribution in [1.29, 1.82) is 0 Å². The van der Waals surface area contributed by atoms with E-state index in [4.69, 9.17) is 4.98 Å². The molecule has 43 heavy (non-hydrogen) atoms. The number of pyridine rings is 1. The van der Waals surface area contributed by atoms with E-state index in [1.54, 1.807) is 0 Å². The van der Waals surface area contributed by atoms with Gasteiger partial charge in [0.1, 0.15) is 0 Å². The van der Waals surface area contributed by atoms with Crippen LogP contribution in [0.1, 0.15) is 0 Å². The SMILES string of the molecule is c1ccc(-c2ccc3c(c2)c2ccccc2n3-c2ccc(-c3cccc4ccc5cccnc5c34)c3ccccc23)cc1. The van der Waals surface area contributed by atoms with Crippen molar-refractivity contribution in [2.24, 2.45) is 0 Å². The fourth-order valence-corrected chi connectivity index (χ4v) is 6.89. The highest BCUT2D eigenvalue weighted by atomic mass is 15.0. The minimum absolute atomic E-state index is 1.04. The molecule has 0 spiro atoms. The maximum Gasteiger partial charge on any atom is 0.0786 e. The summed E-state index contributed by atoms with van der Waals surface area (Å²) in [5.41, 5.74) is 9.53. The van der Waals surface area contributed by atoms with Crippen LogP contribution in [-0.4, -0.2) is 9.55 Å². The molecule has 0 bridgehead atoms. The van der Waals surface area contributed by atoms with Crippen molar-refractivity contribution >= 4 is 54.3 Å². The highest BCUT2D eigenvalue weighted by Crippen LogP contribution is 2.41. The molecule has 0 aliphatic rings. The highest BCUT2D eigenvalue weighted by molar-refractivity contribution is 6.17. The molecule has 2 nitrogen and oxygen atoms in total. The predicted molar refractivity (Wildman–Crippen MR) is 182 cm³/mol. The number of rotatable bonds is 3. The Kier molecular flexibility index (Phi) is 5.23. The summed E-state index contributed by atoms with van der Waals surface area (Å²) in [5.74, 6) is 0. The molecule has 200 valence electrons. The summed E-state index contributed by atoms with van der Waals surface area (Å²) in [6.45, 7) is 0. The molecule has 2 aromatic heterocycles. The molecule has 9 aromatic rings. The summed E-state index contributed by atoms with van der Waals surface area (Å²) in [6.07, 6.45) is 1.89. The van der Waals surface area contributed by atoms with Gasteiger partial charge in [-0.05, 0) is 63.4 Å². The van der Waals surface area contributed by atoms with Crippen LogP contribution in [0.2, 0.25) is 0 Å². The first-order valence-electron chi connectivity index (χ1n) is 14.7. The van der Waals surface area contributed by atoms with Crippen LogP contribution in [-0.2, 0) is 0 Å². The zero-order valence-corrected chi connectivity index (χ0v) is 23.4. The third-order valence-corrected chi connectivity index (χ3v) is 8.83. The van der Waals surface area contributed by atoms with Gasteiger partial charge in [-0.25, -0.2) is 0 Å². The van der Waals surface area contributed by atoms with E-state index in [1.165, 1.54) is 71.3 Å². The average Bonchev–Trinajstić information content (AvgIpc) is 3.41. The topological polar surface area (TPSA) is 17.8 Å². The first-order chi connectivity index (χ1) is 21.3. The van der Waals surface area contributed by atoms with Crippen molar-refractivity contribution in [1.82, 2.24) is 9.55 Å². The minimum Gasteiger partial charge on any atom is -0.309 e. The molecule has 0 saturated heterocycles. The Bertz CT molecular complexity index is 2500. The monoisotopic (exact) mass is 546 g/mol. The van der Waals surface area contributed by atoms with E-state index in [9.17, 15) is 0 Å². The molecule has 0 aliphatic heterocycles. The van der Waals surface area contributed by atoms with E-state index in [1.807, 2.05) is 12.3 Å². The third kappa shape index (κ3) is 3.63.